The largest absolute Gasteiger partial charge is 0.264 e. The van der Waals surface area contributed by atoms with Crippen LogP contribution in [0.3, 0.4) is 0 Å². The molecule has 0 fully saturated rings. The number of aryl methyl sites for hydroxylation is 1. The average molecular weight is 338 g/mol. The highest BCUT2D eigenvalue weighted by Gasteiger charge is 2.25. The van der Waals surface area contributed by atoms with E-state index < -0.39 is 10.0 Å². The quantitative estimate of drug-likeness (QED) is 0.711. The number of rotatable bonds is 5. The fourth-order valence-electron chi connectivity index (χ4n) is 2.48. The summed E-state index contributed by atoms with van der Waals surface area (Å²) in [6.07, 6.45) is 3.36. The van der Waals surface area contributed by atoms with Gasteiger partial charge in [-0.3, -0.25) is 9.29 Å². The maximum Gasteiger partial charge on any atom is 0.264 e. The van der Waals surface area contributed by atoms with Gasteiger partial charge in [0.05, 0.1) is 17.1 Å². The van der Waals surface area contributed by atoms with Crippen molar-refractivity contribution in [3.05, 3.63) is 90.3 Å². The summed E-state index contributed by atoms with van der Waals surface area (Å²) >= 11 is 0. The van der Waals surface area contributed by atoms with E-state index in [1.54, 1.807) is 48.8 Å². The Hall–Kier alpha value is -2.66. The lowest BCUT2D eigenvalue weighted by atomic mass is 10.2. The van der Waals surface area contributed by atoms with Crippen LogP contribution in [0.4, 0.5) is 5.69 Å². The van der Waals surface area contributed by atoms with Crippen molar-refractivity contribution < 1.29 is 8.42 Å². The molecular formula is C19H18N2O2S. The highest BCUT2D eigenvalue weighted by molar-refractivity contribution is 7.92. The first-order valence-corrected chi connectivity index (χ1v) is 9.05. The molecular weight excluding hydrogens is 320 g/mol. The Labute approximate surface area is 142 Å². The van der Waals surface area contributed by atoms with Crippen molar-refractivity contribution in [3.8, 4) is 0 Å². The fraction of sp³-hybridized carbons (Fsp3) is 0.105. The number of aromatic nitrogens is 1. The fourth-order valence-corrected chi connectivity index (χ4v) is 3.94. The van der Waals surface area contributed by atoms with Crippen LogP contribution < -0.4 is 4.31 Å². The van der Waals surface area contributed by atoms with E-state index in [1.807, 2.05) is 37.3 Å². The van der Waals surface area contributed by atoms with Gasteiger partial charge in [0.2, 0.25) is 0 Å². The molecule has 0 N–H and O–H groups in total. The Morgan fingerprint density at radius 3 is 2.42 bits per heavy atom. The van der Waals surface area contributed by atoms with Gasteiger partial charge in [-0.15, -0.1) is 0 Å². The molecule has 0 atom stereocenters. The van der Waals surface area contributed by atoms with Crippen LogP contribution in [0.25, 0.3) is 0 Å². The van der Waals surface area contributed by atoms with E-state index in [2.05, 4.69) is 4.98 Å². The standard InChI is InChI=1S/C19H18N2O2S/c1-16-7-5-9-18(13-16)21(15-17-8-6-12-20-14-17)24(22,23)19-10-3-2-4-11-19/h2-14H,15H2,1H3. The Bertz CT molecular complexity index is 910. The van der Waals surface area contributed by atoms with Crippen molar-refractivity contribution in [2.45, 2.75) is 18.4 Å². The van der Waals surface area contributed by atoms with Crippen molar-refractivity contribution in [1.82, 2.24) is 4.98 Å². The third-order valence-electron chi connectivity index (χ3n) is 3.67. The predicted octanol–water partition coefficient (Wildman–Crippen LogP) is 3.79. The number of anilines is 1. The zero-order valence-electron chi connectivity index (χ0n) is 13.3. The molecule has 0 bridgehead atoms. The molecule has 2 aromatic carbocycles. The minimum absolute atomic E-state index is 0.231. The zero-order valence-corrected chi connectivity index (χ0v) is 14.1. The molecule has 0 aliphatic heterocycles. The van der Waals surface area contributed by atoms with Gasteiger partial charge in [-0.2, -0.15) is 0 Å². The van der Waals surface area contributed by atoms with Gasteiger partial charge in [0.15, 0.2) is 0 Å². The zero-order chi connectivity index (χ0) is 17.0. The molecule has 0 amide bonds. The number of sulfonamides is 1. The van der Waals surface area contributed by atoms with Gasteiger partial charge >= 0.3 is 0 Å². The molecule has 0 aliphatic rings. The molecule has 0 saturated carbocycles. The molecule has 3 aromatic rings. The van der Waals surface area contributed by atoms with E-state index in [9.17, 15) is 8.42 Å². The second-order valence-electron chi connectivity index (χ2n) is 5.53. The van der Waals surface area contributed by atoms with Gasteiger partial charge in [0.25, 0.3) is 10.0 Å². The van der Waals surface area contributed by atoms with E-state index in [4.69, 9.17) is 0 Å². The van der Waals surface area contributed by atoms with Gasteiger partial charge in [0, 0.05) is 12.4 Å². The Morgan fingerprint density at radius 1 is 0.958 bits per heavy atom. The summed E-state index contributed by atoms with van der Waals surface area (Å²) < 4.78 is 27.7. The van der Waals surface area contributed by atoms with Crippen LogP contribution >= 0.6 is 0 Å². The average Bonchev–Trinajstić information content (AvgIpc) is 2.61. The molecule has 0 saturated heterocycles. The third-order valence-corrected chi connectivity index (χ3v) is 5.46. The summed E-state index contributed by atoms with van der Waals surface area (Å²) in [6, 6.07) is 19.6. The van der Waals surface area contributed by atoms with Gasteiger partial charge in [0.1, 0.15) is 0 Å². The second kappa shape index (κ2) is 6.84. The first-order valence-electron chi connectivity index (χ1n) is 7.61. The van der Waals surface area contributed by atoms with Crippen molar-refractivity contribution >= 4 is 15.7 Å². The Kier molecular flexibility index (Phi) is 4.62. The maximum absolute atomic E-state index is 13.2. The molecule has 3 rings (SSSR count). The Balaban J connectivity index is 2.08. The van der Waals surface area contributed by atoms with Crippen LogP contribution in [-0.4, -0.2) is 13.4 Å². The van der Waals surface area contributed by atoms with E-state index >= 15 is 0 Å². The summed E-state index contributed by atoms with van der Waals surface area (Å²) in [7, 11) is -3.66. The molecule has 1 aromatic heterocycles. The van der Waals surface area contributed by atoms with E-state index in [0.29, 0.717) is 5.69 Å². The molecule has 0 aliphatic carbocycles. The first kappa shape index (κ1) is 16.2. The number of hydrogen-bond acceptors (Lipinski definition) is 3. The highest BCUT2D eigenvalue weighted by atomic mass is 32.2. The van der Waals surface area contributed by atoms with Crippen molar-refractivity contribution in [2.75, 3.05) is 4.31 Å². The highest BCUT2D eigenvalue weighted by Crippen LogP contribution is 2.26. The minimum atomic E-state index is -3.66. The van der Waals surface area contributed by atoms with Gasteiger partial charge in [-0.05, 0) is 48.4 Å². The van der Waals surface area contributed by atoms with Crippen LogP contribution in [0.15, 0.2) is 84.0 Å². The van der Waals surface area contributed by atoms with Crippen LogP contribution in [-0.2, 0) is 16.6 Å². The second-order valence-corrected chi connectivity index (χ2v) is 7.39. The molecule has 0 radical (unpaired) electrons. The molecule has 5 heteroatoms. The lowest BCUT2D eigenvalue weighted by molar-refractivity contribution is 0.590. The summed E-state index contributed by atoms with van der Waals surface area (Å²) in [5.41, 5.74) is 2.48. The maximum atomic E-state index is 13.2. The van der Waals surface area contributed by atoms with Crippen LogP contribution in [0, 0.1) is 6.92 Å². The van der Waals surface area contributed by atoms with Crippen LogP contribution in [0.2, 0.25) is 0 Å². The molecule has 24 heavy (non-hydrogen) atoms. The lowest BCUT2D eigenvalue weighted by Gasteiger charge is -2.25. The predicted molar refractivity (Wildman–Crippen MR) is 95.2 cm³/mol. The van der Waals surface area contributed by atoms with Crippen molar-refractivity contribution in [3.63, 3.8) is 0 Å². The van der Waals surface area contributed by atoms with Crippen molar-refractivity contribution in [2.24, 2.45) is 0 Å². The number of pyridine rings is 1. The lowest BCUT2D eigenvalue weighted by Crippen LogP contribution is -2.30. The number of benzene rings is 2. The van der Waals surface area contributed by atoms with E-state index in [0.717, 1.165) is 11.1 Å². The minimum Gasteiger partial charge on any atom is -0.264 e. The number of nitrogens with zero attached hydrogens (tertiary/aromatic N) is 2. The van der Waals surface area contributed by atoms with Gasteiger partial charge < -0.3 is 0 Å². The summed E-state index contributed by atoms with van der Waals surface area (Å²) in [5, 5.41) is 0. The van der Waals surface area contributed by atoms with Crippen LogP contribution in [0.1, 0.15) is 11.1 Å². The van der Waals surface area contributed by atoms with E-state index in [-0.39, 0.29) is 11.4 Å². The smallest absolute Gasteiger partial charge is 0.264 e. The summed E-state index contributed by atoms with van der Waals surface area (Å²) in [6.45, 7) is 2.18. The number of hydrogen-bond donors (Lipinski definition) is 0. The van der Waals surface area contributed by atoms with Crippen molar-refractivity contribution in [1.29, 1.82) is 0 Å². The van der Waals surface area contributed by atoms with Gasteiger partial charge in [-0.1, -0.05) is 36.4 Å². The molecule has 0 spiro atoms. The normalized spacial score (nSPS) is 11.2. The van der Waals surface area contributed by atoms with Gasteiger partial charge in [-0.25, -0.2) is 8.42 Å². The summed E-state index contributed by atoms with van der Waals surface area (Å²) in [4.78, 5) is 4.36. The topological polar surface area (TPSA) is 50.3 Å². The molecule has 0 unspecified atom stereocenters. The molecule has 122 valence electrons. The SMILES string of the molecule is Cc1cccc(N(Cc2cccnc2)S(=O)(=O)c2ccccc2)c1. The summed E-state index contributed by atoms with van der Waals surface area (Å²) in [5.74, 6) is 0. The monoisotopic (exact) mass is 338 g/mol. The third kappa shape index (κ3) is 3.46. The molecule has 4 nitrogen and oxygen atoms in total. The van der Waals surface area contributed by atoms with Crippen LogP contribution in [0.5, 0.6) is 0 Å². The van der Waals surface area contributed by atoms with E-state index in [1.165, 1.54) is 4.31 Å². The first-order chi connectivity index (χ1) is 11.6. The Morgan fingerprint density at radius 2 is 1.75 bits per heavy atom. The molecule has 1 heterocycles.